The second-order valence-corrected chi connectivity index (χ2v) is 6.03. The second kappa shape index (κ2) is 4.64. The van der Waals surface area contributed by atoms with Crippen LogP contribution in [0.15, 0.2) is 18.2 Å². The number of anilines is 2. The summed E-state index contributed by atoms with van der Waals surface area (Å²) in [5.41, 5.74) is -0.315. The first-order valence-electron chi connectivity index (χ1n) is 7.06. The van der Waals surface area contributed by atoms with Gasteiger partial charge in [0.05, 0.1) is 22.4 Å². The van der Waals surface area contributed by atoms with Gasteiger partial charge < -0.3 is 10.2 Å². The molecule has 0 radical (unpaired) electrons. The van der Waals surface area contributed by atoms with Gasteiger partial charge in [-0.25, -0.2) is 0 Å². The average molecular weight is 298 g/mol. The van der Waals surface area contributed by atoms with Crippen molar-refractivity contribution in [1.29, 1.82) is 0 Å². The van der Waals surface area contributed by atoms with Gasteiger partial charge in [0.15, 0.2) is 0 Å². The summed E-state index contributed by atoms with van der Waals surface area (Å²) in [5.74, 6) is -0.148. The third kappa shape index (κ3) is 2.36. The first-order valence-corrected chi connectivity index (χ1v) is 7.06. The molecule has 1 saturated carbocycles. The normalized spacial score (nSPS) is 21.1. The molecule has 1 spiro atoms. The highest BCUT2D eigenvalue weighted by Crippen LogP contribution is 2.44. The van der Waals surface area contributed by atoms with Gasteiger partial charge >= 0.3 is 6.18 Å². The van der Waals surface area contributed by atoms with E-state index in [1.54, 1.807) is 0 Å². The Balaban J connectivity index is 2.01. The zero-order valence-electron chi connectivity index (χ0n) is 11.8. The largest absolute Gasteiger partial charge is 0.416 e. The third-order valence-electron chi connectivity index (χ3n) is 4.57. The van der Waals surface area contributed by atoms with Gasteiger partial charge in [-0.3, -0.25) is 4.79 Å². The van der Waals surface area contributed by atoms with Gasteiger partial charge in [-0.15, -0.1) is 0 Å². The van der Waals surface area contributed by atoms with Crippen LogP contribution in [0.4, 0.5) is 24.5 Å². The fourth-order valence-electron chi connectivity index (χ4n) is 3.45. The summed E-state index contributed by atoms with van der Waals surface area (Å²) in [6.07, 6.45) is -0.834. The van der Waals surface area contributed by atoms with Crippen molar-refractivity contribution in [3.63, 3.8) is 0 Å². The van der Waals surface area contributed by atoms with Crippen molar-refractivity contribution in [2.75, 3.05) is 23.8 Å². The minimum Gasteiger partial charge on any atom is -0.372 e. The number of benzene rings is 1. The van der Waals surface area contributed by atoms with E-state index in [0.29, 0.717) is 12.2 Å². The fraction of sp³-hybridized carbons (Fsp3) is 0.533. The molecule has 0 aromatic heterocycles. The van der Waals surface area contributed by atoms with Crippen molar-refractivity contribution < 1.29 is 18.0 Å². The molecular formula is C15H17F3N2O. The van der Waals surface area contributed by atoms with E-state index in [9.17, 15) is 18.0 Å². The lowest BCUT2D eigenvalue weighted by Crippen LogP contribution is -2.40. The van der Waals surface area contributed by atoms with Crippen LogP contribution in [0, 0.1) is 5.41 Å². The van der Waals surface area contributed by atoms with E-state index >= 15 is 0 Å². The van der Waals surface area contributed by atoms with Crippen LogP contribution in [-0.4, -0.2) is 19.5 Å². The highest BCUT2D eigenvalue weighted by Gasteiger charge is 2.44. The number of carbonyl (C=O) groups excluding carboxylic acids is 1. The number of rotatable bonds is 0. The Hall–Kier alpha value is -1.72. The van der Waals surface area contributed by atoms with E-state index < -0.39 is 17.2 Å². The van der Waals surface area contributed by atoms with E-state index in [4.69, 9.17) is 0 Å². The van der Waals surface area contributed by atoms with Crippen LogP contribution in [0.5, 0.6) is 0 Å². The molecule has 0 bridgehead atoms. The first kappa shape index (κ1) is 14.2. The van der Waals surface area contributed by atoms with Crippen molar-refractivity contribution in [3.05, 3.63) is 23.8 Å². The molecule has 1 fully saturated rings. The van der Waals surface area contributed by atoms with Gasteiger partial charge in [-0.1, -0.05) is 12.8 Å². The van der Waals surface area contributed by atoms with Gasteiger partial charge in [0.2, 0.25) is 5.91 Å². The Labute approximate surface area is 121 Å². The number of fused-ring (bicyclic) bond motifs is 1. The van der Waals surface area contributed by atoms with Crippen molar-refractivity contribution in [3.8, 4) is 0 Å². The highest BCUT2D eigenvalue weighted by atomic mass is 19.4. The maximum atomic E-state index is 12.8. The lowest BCUT2D eigenvalue weighted by atomic mass is 9.85. The molecule has 1 aliphatic carbocycles. The number of halogens is 3. The van der Waals surface area contributed by atoms with Crippen molar-refractivity contribution in [1.82, 2.24) is 0 Å². The Bertz CT molecular complexity index is 577. The van der Waals surface area contributed by atoms with Gasteiger partial charge in [0.25, 0.3) is 0 Å². The minimum atomic E-state index is -4.41. The Morgan fingerprint density at radius 3 is 2.52 bits per heavy atom. The maximum Gasteiger partial charge on any atom is 0.416 e. The molecule has 2 aliphatic rings. The first-order chi connectivity index (χ1) is 9.82. The molecule has 3 rings (SSSR count). The smallest absolute Gasteiger partial charge is 0.372 e. The molecule has 1 heterocycles. The average Bonchev–Trinajstić information content (AvgIpc) is 2.83. The molecule has 114 valence electrons. The second-order valence-electron chi connectivity index (χ2n) is 6.03. The number of amides is 1. The minimum absolute atomic E-state index is 0.148. The Morgan fingerprint density at radius 2 is 1.90 bits per heavy atom. The maximum absolute atomic E-state index is 12.8. The van der Waals surface area contributed by atoms with E-state index in [1.807, 2.05) is 11.9 Å². The van der Waals surface area contributed by atoms with E-state index in [1.165, 1.54) is 6.07 Å². The van der Waals surface area contributed by atoms with Crippen molar-refractivity contribution in [2.24, 2.45) is 5.41 Å². The molecule has 1 amide bonds. The number of nitrogens with one attached hydrogen (secondary N) is 1. The van der Waals surface area contributed by atoms with Gasteiger partial charge in [-0.05, 0) is 31.0 Å². The summed E-state index contributed by atoms with van der Waals surface area (Å²) >= 11 is 0. The standard InChI is InChI=1S/C15H17F3N2O/c1-20-9-14(6-2-3-7-14)13(21)19-11-8-10(15(16,17)18)4-5-12(11)20/h4-5,8H,2-3,6-7,9H2,1H3,(H,19,21). The van der Waals surface area contributed by atoms with Crippen molar-refractivity contribution in [2.45, 2.75) is 31.9 Å². The quantitative estimate of drug-likeness (QED) is 0.793. The predicted octanol–water partition coefficient (Wildman–Crippen LogP) is 3.65. The van der Waals surface area contributed by atoms with Crippen LogP contribution in [0.1, 0.15) is 31.2 Å². The third-order valence-corrected chi connectivity index (χ3v) is 4.57. The molecule has 21 heavy (non-hydrogen) atoms. The lowest BCUT2D eigenvalue weighted by molar-refractivity contribution is -0.137. The lowest BCUT2D eigenvalue weighted by Gasteiger charge is -2.29. The number of hydrogen-bond acceptors (Lipinski definition) is 2. The Morgan fingerprint density at radius 1 is 1.24 bits per heavy atom. The molecule has 1 N–H and O–H groups in total. The summed E-state index contributed by atoms with van der Waals surface area (Å²) in [5, 5.41) is 2.72. The van der Waals surface area contributed by atoms with Gasteiger partial charge in [0, 0.05) is 13.6 Å². The zero-order chi connectivity index (χ0) is 15.3. The summed E-state index contributed by atoms with van der Waals surface area (Å²) in [6.45, 7) is 0.553. The summed E-state index contributed by atoms with van der Waals surface area (Å²) in [6, 6.07) is 3.53. The van der Waals surface area contributed by atoms with Gasteiger partial charge in [0.1, 0.15) is 0 Å². The molecule has 1 aliphatic heterocycles. The summed E-state index contributed by atoms with van der Waals surface area (Å²) in [7, 11) is 1.83. The molecule has 0 atom stereocenters. The van der Waals surface area contributed by atoms with E-state index in [2.05, 4.69) is 5.32 Å². The topological polar surface area (TPSA) is 32.3 Å². The van der Waals surface area contributed by atoms with Crippen molar-refractivity contribution >= 4 is 17.3 Å². The molecule has 3 nitrogen and oxygen atoms in total. The SMILES string of the molecule is CN1CC2(CCCC2)C(=O)Nc2cc(C(F)(F)F)ccc21. The van der Waals surface area contributed by atoms with Crippen LogP contribution in [-0.2, 0) is 11.0 Å². The molecule has 1 aromatic rings. The fourth-order valence-corrected chi connectivity index (χ4v) is 3.45. The van der Waals surface area contributed by atoms with Crippen LogP contribution in [0.2, 0.25) is 0 Å². The molecule has 0 saturated heterocycles. The zero-order valence-corrected chi connectivity index (χ0v) is 11.8. The summed E-state index contributed by atoms with van der Waals surface area (Å²) < 4.78 is 38.5. The number of nitrogens with zero attached hydrogens (tertiary/aromatic N) is 1. The number of carbonyl (C=O) groups is 1. The monoisotopic (exact) mass is 298 g/mol. The molecule has 6 heteroatoms. The highest BCUT2D eigenvalue weighted by molar-refractivity contribution is 6.00. The van der Waals surface area contributed by atoms with Crippen LogP contribution < -0.4 is 10.2 Å². The van der Waals surface area contributed by atoms with Gasteiger partial charge in [-0.2, -0.15) is 13.2 Å². The molecule has 1 aromatic carbocycles. The van der Waals surface area contributed by atoms with Crippen LogP contribution in [0.3, 0.4) is 0 Å². The predicted molar refractivity (Wildman–Crippen MR) is 74.2 cm³/mol. The molecule has 0 unspecified atom stereocenters. The van der Waals surface area contributed by atoms with E-state index in [0.717, 1.165) is 37.8 Å². The Kier molecular flexibility index (Phi) is 3.15. The van der Waals surface area contributed by atoms with Crippen LogP contribution in [0.25, 0.3) is 0 Å². The van der Waals surface area contributed by atoms with Crippen LogP contribution >= 0.6 is 0 Å². The molecular weight excluding hydrogens is 281 g/mol. The number of hydrogen-bond donors (Lipinski definition) is 1. The summed E-state index contributed by atoms with van der Waals surface area (Å²) in [4.78, 5) is 14.4. The van der Waals surface area contributed by atoms with E-state index in [-0.39, 0.29) is 11.6 Å². The number of alkyl halides is 3.